The van der Waals surface area contributed by atoms with Crippen molar-refractivity contribution in [3.63, 3.8) is 0 Å². The van der Waals surface area contributed by atoms with Gasteiger partial charge in [0.25, 0.3) is 0 Å². The lowest BCUT2D eigenvalue weighted by molar-refractivity contribution is -0.753. The van der Waals surface area contributed by atoms with Crippen LogP contribution in [0.1, 0.15) is 23.7 Å². The van der Waals surface area contributed by atoms with Crippen LogP contribution in [0.3, 0.4) is 0 Å². The average molecular weight is 290 g/mol. The van der Waals surface area contributed by atoms with Crippen molar-refractivity contribution in [3.8, 4) is 0 Å². The smallest absolute Gasteiger partial charge is 0.182 e. The molecule has 110 valence electrons. The lowest BCUT2D eigenvalue weighted by Crippen LogP contribution is -3.01. The summed E-state index contributed by atoms with van der Waals surface area (Å²) in [6.07, 6.45) is 1.13. The number of para-hydroxylation sites is 2. The Morgan fingerprint density at radius 2 is 1.91 bits per heavy atom. The summed E-state index contributed by atoms with van der Waals surface area (Å²) in [6.45, 7) is 3.30. The molecule has 2 aromatic carbocycles. The van der Waals surface area contributed by atoms with Crippen molar-refractivity contribution in [3.05, 3.63) is 65.4 Å². The molecule has 0 fully saturated rings. The van der Waals surface area contributed by atoms with Crippen molar-refractivity contribution in [2.75, 3.05) is 11.9 Å². The predicted octanol–water partition coefficient (Wildman–Crippen LogP) is 2.34. The van der Waals surface area contributed by atoms with Gasteiger partial charge in [0.15, 0.2) is 5.54 Å². The van der Waals surface area contributed by atoms with Gasteiger partial charge in [0.05, 0.1) is 18.3 Å². The van der Waals surface area contributed by atoms with E-state index in [-0.39, 0.29) is 5.54 Å². The van der Waals surface area contributed by atoms with Gasteiger partial charge in [0.1, 0.15) is 0 Å². The van der Waals surface area contributed by atoms with Crippen LogP contribution in [-0.4, -0.2) is 17.6 Å². The maximum Gasteiger partial charge on any atom is 0.182 e. The van der Waals surface area contributed by atoms with Crippen molar-refractivity contribution in [1.82, 2.24) is 4.98 Å². The number of anilines is 1. The van der Waals surface area contributed by atoms with E-state index < -0.39 is 0 Å². The minimum Gasteiger partial charge on any atom is -0.378 e. The predicted molar refractivity (Wildman–Crippen MR) is 89.1 cm³/mol. The second-order valence-corrected chi connectivity index (χ2v) is 6.74. The second kappa shape index (κ2) is 4.14. The summed E-state index contributed by atoms with van der Waals surface area (Å²) in [5.74, 6) is 0. The molecule has 3 heterocycles. The van der Waals surface area contributed by atoms with Crippen LogP contribution in [0.2, 0.25) is 0 Å². The first-order valence-corrected chi connectivity index (χ1v) is 8.07. The molecule has 2 atom stereocenters. The average Bonchev–Trinajstić information content (AvgIpc) is 3.08. The Hall–Kier alpha value is -2.26. The number of rotatable bonds is 0. The third-order valence-corrected chi connectivity index (χ3v) is 5.32. The quantitative estimate of drug-likeness (QED) is 0.584. The minimum atomic E-state index is -0.0113. The van der Waals surface area contributed by atoms with E-state index in [1.54, 1.807) is 0 Å². The van der Waals surface area contributed by atoms with Gasteiger partial charge in [0, 0.05) is 28.6 Å². The molecule has 3 aromatic rings. The number of fused-ring (bicyclic) bond motifs is 6. The zero-order chi connectivity index (χ0) is 14.7. The molecule has 22 heavy (non-hydrogen) atoms. The van der Waals surface area contributed by atoms with E-state index in [4.69, 9.17) is 0 Å². The van der Waals surface area contributed by atoms with E-state index in [0.717, 1.165) is 13.0 Å². The first kappa shape index (κ1) is 12.3. The van der Waals surface area contributed by atoms with Crippen molar-refractivity contribution in [2.45, 2.75) is 24.9 Å². The zero-order valence-corrected chi connectivity index (χ0v) is 12.7. The van der Waals surface area contributed by atoms with E-state index in [1.807, 2.05) is 0 Å². The SMILES string of the molecule is C[C@@H]1Cc2c([nH]c3ccccc23)[C@]2(CNc3ccccc32)[NH2+]1. The molecule has 3 nitrogen and oxygen atoms in total. The van der Waals surface area contributed by atoms with Crippen molar-refractivity contribution in [2.24, 2.45) is 0 Å². The number of hydrogen-bond acceptors (Lipinski definition) is 1. The number of aromatic nitrogens is 1. The van der Waals surface area contributed by atoms with E-state index in [1.165, 1.54) is 33.4 Å². The molecule has 0 saturated carbocycles. The van der Waals surface area contributed by atoms with Gasteiger partial charge in [-0.1, -0.05) is 36.4 Å². The lowest BCUT2D eigenvalue weighted by atomic mass is 9.80. The molecule has 2 aliphatic heterocycles. The van der Waals surface area contributed by atoms with Gasteiger partial charge >= 0.3 is 0 Å². The molecular formula is C19H20N3+. The monoisotopic (exact) mass is 290 g/mol. The first-order valence-electron chi connectivity index (χ1n) is 8.07. The highest BCUT2D eigenvalue weighted by molar-refractivity contribution is 5.86. The van der Waals surface area contributed by atoms with Gasteiger partial charge in [0.2, 0.25) is 0 Å². The molecule has 0 bridgehead atoms. The van der Waals surface area contributed by atoms with Crippen LogP contribution in [0.4, 0.5) is 5.69 Å². The highest BCUT2D eigenvalue weighted by atomic mass is 15.1. The Bertz CT molecular complexity index is 879. The summed E-state index contributed by atoms with van der Waals surface area (Å²) in [5.41, 5.74) is 6.83. The van der Waals surface area contributed by atoms with Gasteiger partial charge in [-0.2, -0.15) is 0 Å². The Balaban J connectivity index is 1.84. The normalized spacial score (nSPS) is 26.0. The second-order valence-electron chi connectivity index (χ2n) is 6.74. The van der Waals surface area contributed by atoms with Gasteiger partial charge in [-0.15, -0.1) is 0 Å². The lowest BCUT2D eigenvalue weighted by Gasteiger charge is -2.35. The van der Waals surface area contributed by atoms with E-state index >= 15 is 0 Å². The summed E-state index contributed by atoms with van der Waals surface area (Å²) in [7, 11) is 0. The zero-order valence-electron chi connectivity index (χ0n) is 12.7. The van der Waals surface area contributed by atoms with Gasteiger partial charge in [-0.25, -0.2) is 0 Å². The Kier molecular flexibility index (Phi) is 2.32. The van der Waals surface area contributed by atoms with Gasteiger partial charge in [-0.3, -0.25) is 0 Å². The summed E-state index contributed by atoms with van der Waals surface area (Å²) >= 11 is 0. The van der Waals surface area contributed by atoms with Crippen molar-refractivity contribution < 1.29 is 5.32 Å². The number of H-pyrrole nitrogens is 1. The first-order chi connectivity index (χ1) is 10.8. The van der Waals surface area contributed by atoms with Crippen LogP contribution in [0.15, 0.2) is 48.5 Å². The number of quaternary nitrogens is 1. The molecule has 0 amide bonds. The highest BCUT2D eigenvalue weighted by Crippen LogP contribution is 2.41. The fourth-order valence-electron chi connectivity index (χ4n) is 4.47. The van der Waals surface area contributed by atoms with Crippen molar-refractivity contribution >= 4 is 16.6 Å². The molecule has 3 heteroatoms. The molecular weight excluding hydrogens is 270 g/mol. The van der Waals surface area contributed by atoms with E-state index in [9.17, 15) is 0 Å². The molecule has 0 unspecified atom stereocenters. The standard InChI is InChI=1S/C19H19N3/c1-12-10-14-13-6-2-4-8-16(13)21-18(14)19(22-12)11-20-17-9-5-3-7-15(17)19/h2-9,12,20-22H,10-11H2,1H3/p+1/t12-,19-/m1/s1. The topological polar surface area (TPSA) is 44.4 Å². The summed E-state index contributed by atoms with van der Waals surface area (Å²) in [6, 6.07) is 18.0. The molecule has 5 rings (SSSR count). The number of aromatic amines is 1. The summed E-state index contributed by atoms with van der Waals surface area (Å²) in [4.78, 5) is 3.74. The number of nitrogens with two attached hydrogens (primary N) is 1. The third kappa shape index (κ3) is 1.44. The Morgan fingerprint density at radius 1 is 1.09 bits per heavy atom. The maximum atomic E-state index is 3.74. The van der Waals surface area contributed by atoms with Crippen LogP contribution in [0.5, 0.6) is 0 Å². The van der Waals surface area contributed by atoms with Gasteiger partial charge < -0.3 is 15.6 Å². The molecule has 1 spiro atoms. The van der Waals surface area contributed by atoms with Crippen LogP contribution in [-0.2, 0) is 12.0 Å². The van der Waals surface area contributed by atoms with Crippen LogP contribution < -0.4 is 10.6 Å². The third-order valence-electron chi connectivity index (χ3n) is 5.32. The van der Waals surface area contributed by atoms with Crippen molar-refractivity contribution in [1.29, 1.82) is 0 Å². The fourth-order valence-corrected chi connectivity index (χ4v) is 4.47. The number of nitrogens with one attached hydrogen (secondary N) is 2. The Morgan fingerprint density at radius 3 is 2.86 bits per heavy atom. The van der Waals surface area contributed by atoms with Gasteiger partial charge in [-0.05, 0) is 24.6 Å². The highest BCUT2D eigenvalue weighted by Gasteiger charge is 2.50. The maximum absolute atomic E-state index is 3.74. The minimum absolute atomic E-state index is 0.0113. The molecule has 0 saturated heterocycles. The Labute approximate surface area is 129 Å². The van der Waals surface area contributed by atoms with E-state index in [0.29, 0.717) is 6.04 Å². The van der Waals surface area contributed by atoms with E-state index in [2.05, 4.69) is 71.1 Å². The molecule has 2 aliphatic rings. The molecule has 0 aliphatic carbocycles. The van der Waals surface area contributed by atoms with Crippen LogP contribution >= 0.6 is 0 Å². The number of benzene rings is 2. The summed E-state index contributed by atoms with van der Waals surface area (Å²) < 4.78 is 0. The van der Waals surface area contributed by atoms with Crippen LogP contribution in [0.25, 0.3) is 10.9 Å². The molecule has 0 radical (unpaired) electrons. The molecule has 1 aromatic heterocycles. The number of hydrogen-bond donors (Lipinski definition) is 3. The largest absolute Gasteiger partial charge is 0.378 e. The molecule has 4 N–H and O–H groups in total. The summed E-state index contributed by atoms with van der Waals surface area (Å²) in [5, 5.41) is 7.55. The fraction of sp³-hybridized carbons (Fsp3) is 0.263. The van der Waals surface area contributed by atoms with Crippen LogP contribution in [0, 0.1) is 0 Å².